The van der Waals surface area contributed by atoms with Gasteiger partial charge in [-0.15, -0.1) is 0 Å². The molecule has 0 bridgehead atoms. The molecule has 2 unspecified atom stereocenters. The van der Waals surface area contributed by atoms with E-state index < -0.39 is 0 Å². The summed E-state index contributed by atoms with van der Waals surface area (Å²) >= 11 is 0. The molecule has 0 radical (unpaired) electrons. The zero-order valence-electron chi connectivity index (χ0n) is 10.2. The molecule has 3 rings (SSSR count). The normalized spacial score (nSPS) is 18.8. The lowest BCUT2D eigenvalue weighted by molar-refractivity contribution is 0.480. The third-order valence-electron chi connectivity index (χ3n) is 3.73. The molecule has 0 fully saturated rings. The zero-order chi connectivity index (χ0) is 12.5. The number of nitrogens with two attached hydrogens (primary N) is 2. The number of nitrogen functional groups attached to an aromatic ring is 1. The van der Waals surface area contributed by atoms with Gasteiger partial charge in [-0.1, -0.05) is 24.3 Å². The molecular formula is C15H17N3. The number of hydrogen-bond donors (Lipinski definition) is 2. The van der Waals surface area contributed by atoms with E-state index in [-0.39, 0.29) is 6.04 Å². The molecule has 0 amide bonds. The SMILES string of the molecule is Nc1cc(CC(N)C2Cc3ccccc32)ccn1. The molecule has 3 nitrogen and oxygen atoms in total. The van der Waals surface area contributed by atoms with Crippen LogP contribution in [0.15, 0.2) is 42.6 Å². The van der Waals surface area contributed by atoms with Gasteiger partial charge in [-0.05, 0) is 41.7 Å². The molecule has 1 aromatic carbocycles. The first-order valence-electron chi connectivity index (χ1n) is 6.28. The van der Waals surface area contributed by atoms with Crippen LogP contribution in [-0.2, 0) is 12.8 Å². The minimum atomic E-state index is 0.154. The fourth-order valence-corrected chi connectivity index (χ4v) is 2.72. The van der Waals surface area contributed by atoms with Gasteiger partial charge in [0.2, 0.25) is 0 Å². The highest BCUT2D eigenvalue weighted by molar-refractivity contribution is 5.42. The van der Waals surface area contributed by atoms with Crippen molar-refractivity contribution in [3.05, 3.63) is 59.3 Å². The van der Waals surface area contributed by atoms with Gasteiger partial charge in [0.05, 0.1) is 0 Å². The van der Waals surface area contributed by atoms with Crippen molar-refractivity contribution in [2.75, 3.05) is 5.73 Å². The van der Waals surface area contributed by atoms with Crippen LogP contribution in [0.3, 0.4) is 0 Å². The monoisotopic (exact) mass is 239 g/mol. The first kappa shape index (κ1) is 11.2. The van der Waals surface area contributed by atoms with Gasteiger partial charge < -0.3 is 11.5 Å². The Balaban J connectivity index is 1.72. The third kappa shape index (κ3) is 1.97. The quantitative estimate of drug-likeness (QED) is 0.859. The van der Waals surface area contributed by atoms with Crippen LogP contribution < -0.4 is 11.5 Å². The summed E-state index contributed by atoms with van der Waals surface area (Å²) in [7, 11) is 0. The summed E-state index contributed by atoms with van der Waals surface area (Å²) in [6.07, 6.45) is 3.69. The van der Waals surface area contributed by atoms with Gasteiger partial charge in [-0.2, -0.15) is 0 Å². The Morgan fingerprint density at radius 3 is 2.89 bits per heavy atom. The second-order valence-electron chi connectivity index (χ2n) is 4.97. The standard InChI is InChI=1S/C15H17N3/c16-14(7-10-5-6-18-15(17)8-10)13-9-11-3-1-2-4-12(11)13/h1-6,8,13-14H,7,9,16H2,(H2,17,18). The van der Waals surface area contributed by atoms with Crippen LogP contribution in [0.2, 0.25) is 0 Å². The Bertz CT molecular complexity index is 565. The van der Waals surface area contributed by atoms with Crippen molar-refractivity contribution in [3.63, 3.8) is 0 Å². The van der Waals surface area contributed by atoms with E-state index in [1.54, 1.807) is 6.20 Å². The highest BCUT2D eigenvalue weighted by atomic mass is 14.8. The Kier molecular flexibility index (Phi) is 2.76. The molecule has 18 heavy (non-hydrogen) atoms. The molecule has 0 spiro atoms. The van der Waals surface area contributed by atoms with Crippen LogP contribution >= 0.6 is 0 Å². The molecule has 0 saturated heterocycles. The third-order valence-corrected chi connectivity index (χ3v) is 3.73. The fourth-order valence-electron chi connectivity index (χ4n) is 2.72. The number of fused-ring (bicyclic) bond motifs is 1. The van der Waals surface area contributed by atoms with Crippen LogP contribution in [-0.4, -0.2) is 11.0 Å². The van der Waals surface area contributed by atoms with Gasteiger partial charge in [-0.3, -0.25) is 0 Å². The summed E-state index contributed by atoms with van der Waals surface area (Å²) in [6, 6.07) is 12.6. The lowest BCUT2D eigenvalue weighted by Crippen LogP contribution is -2.37. The molecule has 4 N–H and O–H groups in total. The van der Waals surface area contributed by atoms with E-state index in [1.807, 2.05) is 12.1 Å². The van der Waals surface area contributed by atoms with Crippen LogP contribution in [0.4, 0.5) is 5.82 Å². The number of aromatic nitrogens is 1. The highest BCUT2D eigenvalue weighted by Gasteiger charge is 2.30. The van der Waals surface area contributed by atoms with Crippen molar-refractivity contribution in [1.82, 2.24) is 4.98 Å². The Hall–Kier alpha value is -1.87. The molecular weight excluding hydrogens is 222 g/mol. The van der Waals surface area contributed by atoms with Crippen LogP contribution in [0, 0.1) is 0 Å². The second-order valence-corrected chi connectivity index (χ2v) is 4.97. The maximum absolute atomic E-state index is 6.31. The summed E-state index contributed by atoms with van der Waals surface area (Å²) in [6.45, 7) is 0. The molecule has 1 heterocycles. The molecule has 1 aliphatic rings. The molecule has 92 valence electrons. The van der Waals surface area contributed by atoms with Gasteiger partial charge in [0, 0.05) is 18.2 Å². The van der Waals surface area contributed by atoms with Crippen LogP contribution in [0.1, 0.15) is 22.6 Å². The first-order valence-corrected chi connectivity index (χ1v) is 6.28. The van der Waals surface area contributed by atoms with Crippen LogP contribution in [0.5, 0.6) is 0 Å². The summed E-state index contributed by atoms with van der Waals surface area (Å²) in [5, 5.41) is 0. The Morgan fingerprint density at radius 1 is 1.28 bits per heavy atom. The number of pyridine rings is 1. The summed E-state index contributed by atoms with van der Waals surface area (Å²) < 4.78 is 0. The van der Waals surface area contributed by atoms with E-state index >= 15 is 0 Å². The molecule has 0 aliphatic heterocycles. The van der Waals surface area contributed by atoms with Crippen molar-refractivity contribution in [1.29, 1.82) is 0 Å². The molecule has 3 heteroatoms. The van der Waals surface area contributed by atoms with Crippen molar-refractivity contribution in [3.8, 4) is 0 Å². The van der Waals surface area contributed by atoms with E-state index in [0.717, 1.165) is 12.8 Å². The summed E-state index contributed by atoms with van der Waals surface area (Å²) in [5.74, 6) is 1.05. The zero-order valence-corrected chi connectivity index (χ0v) is 10.2. The van der Waals surface area contributed by atoms with E-state index in [1.165, 1.54) is 16.7 Å². The van der Waals surface area contributed by atoms with Gasteiger partial charge in [0.15, 0.2) is 0 Å². The Morgan fingerprint density at radius 2 is 2.11 bits per heavy atom. The predicted octanol–water partition coefficient (Wildman–Crippen LogP) is 1.87. The maximum atomic E-state index is 6.31. The first-order chi connectivity index (χ1) is 8.74. The lowest BCUT2D eigenvalue weighted by Gasteiger charge is -2.34. The van der Waals surface area contributed by atoms with Crippen molar-refractivity contribution >= 4 is 5.82 Å². The molecule has 2 atom stereocenters. The minimum Gasteiger partial charge on any atom is -0.384 e. The number of rotatable bonds is 3. The number of hydrogen-bond acceptors (Lipinski definition) is 3. The van der Waals surface area contributed by atoms with E-state index in [9.17, 15) is 0 Å². The average Bonchev–Trinajstić information content (AvgIpc) is 2.30. The lowest BCUT2D eigenvalue weighted by atomic mass is 9.72. The number of nitrogens with zero attached hydrogens (tertiary/aromatic N) is 1. The van der Waals surface area contributed by atoms with Gasteiger partial charge in [-0.25, -0.2) is 4.98 Å². The predicted molar refractivity (Wildman–Crippen MR) is 73.2 cm³/mol. The molecule has 1 aliphatic carbocycles. The molecule has 0 saturated carbocycles. The fraction of sp³-hybridized carbons (Fsp3) is 0.267. The minimum absolute atomic E-state index is 0.154. The van der Waals surface area contributed by atoms with Gasteiger partial charge >= 0.3 is 0 Å². The second kappa shape index (κ2) is 4.42. The van der Waals surface area contributed by atoms with Gasteiger partial charge in [0.25, 0.3) is 0 Å². The van der Waals surface area contributed by atoms with E-state index in [0.29, 0.717) is 11.7 Å². The molecule has 1 aromatic heterocycles. The highest BCUT2D eigenvalue weighted by Crippen LogP contribution is 2.37. The summed E-state index contributed by atoms with van der Waals surface area (Å²) in [4.78, 5) is 4.00. The summed E-state index contributed by atoms with van der Waals surface area (Å²) in [5.41, 5.74) is 16.0. The van der Waals surface area contributed by atoms with Gasteiger partial charge in [0.1, 0.15) is 5.82 Å². The Labute approximate surface area is 107 Å². The smallest absolute Gasteiger partial charge is 0.123 e. The number of benzene rings is 1. The number of anilines is 1. The van der Waals surface area contributed by atoms with Crippen LogP contribution in [0.25, 0.3) is 0 Å². The maximum Gasteiger partial charge on any atom is 0.123 e. The van der Waals surface area contributed by atoms with Crippen molar-refractivity contribution in [2.45, 2.75) is 24.8 Å². The van der Waals surface area contributed by atoms with Crippen molar-refractivity contribution < 1.29 is 0 Å². The van der Waals surface area contributed by atoms with Crippen molar-refractivity contribution in [2.24, 2.45) is 5.73 Å². The molecule has 2 aromatic rings. The average molecular weight is 239 g/mol. The largest absolute Gasteiger partial charge is 0.384 e. The van der Waals surface area contributed by atoms with E-state index in [2.05, 4.69) is 29.2 Å². The van der Waals surface area contributed by atoms with E-state index in [4.69, 9.17) is 11.5 Å². The topological polar surface area (TPSA) is 64.9 Å².